The van der Waals surface area contributed by atoms with Gasteiger partial charge in [0, 0.05) is 12.8 Å². The summed E-state index contributed by atoms with van der Waals surface area (Å²) in [5, 5.41) is 12.0. The summed E-state index contributed by atoms with van der Waals surface area (Å²) in [4.78, 5) is 38.2. The second-order valence-corrected chi connectivity index (χ2v) is 13.2. The van der Waals surface area contributed by atoms with Crippen molar-refractivity contribution in [3.8, 4) is 11.8 Å². The standard InChI is InChI=1S/C32H43BN2O8/c1-31(2)22-17-24(31)32(3)25(18-22)42-33(43-32)26(35-27(36)14-9-15-34)16-21-12-8-13-23(28(21)39-4)30(38)41-19-40-29(37)20-10-6-5-7-11-20/h8,12-13,20,22,24-26H,5-7,9-11,14,16-19H2,1-4H3,(H,35,36). The molecule has 4 aliphatic carbocycles. The fourth-order valence-electron chi connectivity index (χ4n) is 7.79. The molecule has 2 bridgehead atoms. The molecule has 11 heteroatoms. The van der Waals surface area contributed by atoms with E-state index in [0.717, 1.165) is 44.9 Å². The Labute approximate surface area is 254 Å². The molecule has 5 unspecified atom stereocenters. The van der Waals surface area contributed by atoms with E-state index in [4.69, 9.17) is 28.8 Å². The van der Waals surface area contributed by atoms with E-state index in [-0.39, 0.29) is 54.1 Å². The molecular weight excluding hydrogens is 551 g/mol. The van der Waals surface area contributed by atoms with Crippen molar-refractivity contribution in [3.05, 3.63) is 29.3 Å². The fourth-order valence-corrected chi connectivity index (χ4v) is 7.79. The molecule has 10 nitrogen and oxygen atoms in total. The number of benzene rings is 1. The highest BCUT2D eigenvalue weighted by molar-refractivity contribution is 6.48. The zero-order valence-corrected chi connectivity index (χ0v) is 25.7. The molecule has 1 N–H and O–H groups in total. The number of para-hydroxylation sites is 1. The van der Waals surface area contributed by atoms with Gasteiger partial charge in [-0.1, -0.05) is 45.2 Å². The Morgan fingerprint density at radius 2 is 1.91 bits per heavy atom. The summed E-state index contributed by atoms with van der Waals surface area (Å²) in [6, 6.07) is 7.13. The Hall–Kier alpha value is -3.10. The van der Waals surface area contributed by atoms with Gasteiger partial charge in [-0.3, -0.25) is 9.59 Å². The quantitative estimate of drug-likeness (QED) is 0.223. The predicted molar refractivity (Wildman–Crippen MR) is 157 cm³/mol. The minimum Gasteiger partial charge on any atom is -0.496 e. The van der Waals surface area contributed by atoms with Crippen molar-refractivity contribution in [2.45, 2.75) is 103 Å². The molecule has 5 aliphatic rings. The van der Waals surface area contributed by atoms with Crippen LogP contribution >= 0.6 is 0 Å². The first-order valence-corrected chi connectivity index (χ1v) is 15.6. The summed E-state index contributed by atoms with van der Waals surface area (Å²) in [6.45, 7) is 6.22. The average molecular weight is 595 g/mol. The van der Waals surface area contributed by atoms with Gasteiger partial charge in [-0.25, -0.2) is 4.79 Å². The summed E-state index contributed by atoms with van der Waals surface area (Å²) in [6.07, 6.45) is 7.05. The van der Waals surface area contributed by atoms with Gasteiger partial charge in [-0.15, -0.1) is 0 Å². The van der Waals surface area contributed by atoms with Gasteiger partial charge in [0.1, 0.15) is 11.3 Å². The molecule has 43 heavy (non-hydrogen) atoms. The van der Waals surface area contributed by atoms with Crippen LogP contribution in [0.15, 0.2) is 18.2 Å². The van der Waals surface area contributed by atoms with E-state index >= 15 is 0 Å². The third-order valence-corrected chi connectivity index (χ3v) is 10.4. The van der Waals surface area contributed by atoms with Crippen molar-refractivity contribution in [3.63, 3.8) is 0 Å². The van der Waals surface area contributed by atoms with Crippen LogP contribution in [0.2, 0.25) is 0 Å². The Morgan fingerprint density at radius 1 is 1.14 bits per heavy atom. The van der Waals surface area contributed by atoms with E-state index in [1.54, 1.807) is 12.1 Å². The molecule has 4 saturated carbocycles. The lowest BCUT2D eigenvalue weighted by Gasteiger charge is -2.64. The maximum absolute atomic E-state index is 13.0. The Balaban J connectivity index is 1.30. The zero-order valence-electron chi connectivity index (χ0n) is 25.7. The molecule has 1 saturated heterocycles. The Kier molecular flexibility index (Phi) is 9.38. The van der Waals surface area contributed by atoms with Gasteiger partial charge >= 0.3 is 19.1 Å². The number of ether oxygens (including phenoxy) is 3. The number of nitrogens with one attached hydrogen (secondary N) is 1. The van der Waals surface area contributed by atoms with E-state index in [0.29, 0.717) is 23.1 Å². The van der Waals surface area contributed by atoms with Crippen molar-refractivity contribution >= 4 is 25.0 Å². The molecule has 1 heterocycles. The number of nitrogens with zero attached hydrogens (tertiary/aromatic N) is 1. The van der Waals surface area contributed by atoms with E-state index in [1.165, 1.54) is 7.11 Å². The van der Waals surface area contributed by atoms with Crippen LogP contribution in [0.4, 0.5) is 0 Å². The highest BCUT2D eigenvalue weighted by Gasteiger charge is 2.68. The number of carbonyl (C=O) groups is 3. The fraction of sp³-hybridized carbons (Fsp3) is 0.688. The van der Waals surface area contributed by atoms with Crippen molar-refractivity contribution in [1.29, 1.82) is 5.26 Å². The Bertz CT molecular complexity index is 1260. The van der Waals surface area contributed by atoms with Crippen LogP contribution in [0.1, 0.15) is 94.5 Å². The monoisotopic (exact) mass is 594 g/mol. The number of methoxy groups -OCH3 is 1. The summed E-state index contributed by atoms with van der Waals surface area (Å²) in [5.74, 6) is -0.812. The van der Waals surface area contributed by atoms with Crippen LogP contribution in [0.5, 0.6) is 5.75 Å². The minimum atomic E-state index is -0.712. The lowest BCUT2D eigenvalue weighted by molar-refractivity contribution is -0.199. The number of hydrogen-bond donors (Lipinski definition) is 1. The molecule has 1 amide bonds. The maximum atomic E-state index is 13.0. The number of nitriles is 1. The molecule has 0 radical (unpaired) electrons. The molecule has 0 aromatic heterocycles. The molecule has 232 valence electrons. The predicted octanol–water partition coefficient (Wildman–Crippen LogP) is 4.53. The van der Waals surface area contributed by atoms with Crippen molar-refractivity contribution in [2.24, 2.45) is 23.2 Å². The molecule has 5 fully saturated rings. The highest BCUT2D eigenvalue weighted by Crippen LogP contribution is 2.65. The molecule has 1 aromatic carbocycles. The van der Waals surface area contributed by atoms with Gasteiger partial charge in [-0.05, 0) is 67.9 Å². The normalized spacial score (nSPS) is 28.1. The lowest BCUT2D eigenvalue weighted by Crippen LogP contribution is -2.65. The molecular formula is C32H43BN2O8. The second-order valence-electron chi connectivity index (χ2n) is 13.2. The Morgan fingerprint density at radius 3 is 2.60 bits per heavy atom. The van der Waals surface area contributed by atoms with Gasteiger partial charge in [0.2, 0.25) is 12.7 Å². The van der Waals surface area contributed by atoms with E-state index in [2.05, 4.69) is 26.1 Å². The van der Waals surface area contributed by atoms with Gasteiger partial charge in [0.15, 0.2) is 0 Å². The first-order valence-electron chi connectivity index (χ1n) is 15.6. The van der Waals surface area contributed by atoms with Crippen LogP contribution in [-0.4, -0.2) is 56.5 Å². The van der Waals surface area contributed by atoms with Gasteiger partial charge in [0.25, 0.3) is 0 Å². The van der Waals surface area contributed by atoms with Gasteiger partial charge in [-0.2, -0.15) is 5.26 Å². The average Bonchev–Trinajstić information content (AvgIpc) is 3.37. The SMILES string of the molecule is COc1c(CC(NC(=O)CCC#N)B2OC3CC4CC(C4(C)C)C3(C)O2)cccc1C(=O)OCOC(=O)C1CCCCC1. The summed E-state index contributed by atoms with van der Waals surface area (Å²) < 4.78 is 29.4. The minimum absolute atomic E-state index is 0.0568. The largest absolute Gasteiger partial charge is 0.496 e. The molecule has 5 atom stereocenters. The van der Waals surface area contributed by atoms with E-state index < -0.39 is 31.4 Å². The van der Waals surface area contributed by atoms with E-state index in [9.17, 15) is 14.4 Å². The lowest BCUT2D eigenvalue weighted by atomic mass is 9.43. The van der Waals surface area contributed by atoms with E-state index in [1.807, 2.05) is 12.1 Å². The number of hydrogen-bond acceptors (Lipinski definition) is 9. The highest BCUT2D eigenvalue weighted by atomic mass is 16.7. The summed E-state index contributed by atoms with van der Waals surface area (Å²) >= 11 is 0. The summed E-state index contributed by atoms with van der Waals surface area (Å²) in [7, 11) is 0.753. The van der Waals surface area contributed by atoms with Crippen LogP contribution in [-0.2, 0) is 34.8 Å². The van der Waals surface area contributed by atoms with Crippen molar-refractivity contribution in [2.75, 3.05) is 13.9 Å². The number of carbonyl (C=O) groups excluding carboxylic acids is 3. The zero-order chi connectivity index (χ0) is 30.8. The van der Waals surface area contributed by atoms with Crippen LogP contribution in [0.3, 0.4) is 0 Å². The smallest absolute Gasteiger partial charge is 0.482 e. The molecule has 1 aromatic rings. The van der Waals surface area contributed by atoms with Crippen LogP contribution in [0, 0.1) is 34.5 Å². The molecule has 1 aliphatic heterocycles. The van der Waals surface area contributed by atoms with Gasteiger partial charge < -0.3 is 28.8 Å². The first kappa shape index (κ1) is 31.3. The number of rotatable bonds is 11. The first-order chi connectivity index (χ1) is 20.6. The van der Waals surface area contributed by atoms with Crippen LogP contribution in [0.25, 0.3) is 0 Å². The third kappa shape index (κ3) is 6.27. The topological polar surface area (TPSA) is 133 Å². The second kappa shape index (κ2) is 12.9. The number of esters is 2. The number of amides is 1. The van der Waals surface area contributed by atoms with Gasteiger partial charge in [0.05, 0.1) is 36.7 Å². The molecule has 6 rings (SSSR count). The van der Waals surface area contributed by atoms with Crippen LogP contribution < -0.4 is 10.1 Å². The van der Waals surface area contributed by atoms with Crippen molar-refractivity contribution < 1.29 is 37.9 Å². The maximum Gasteiger partial charge on any atom is 0.482 e. The van der Waals surface area contributed by atoms with Crippen molar-refractivity contribution in [1.82, 2.24) is 5.32 Å². The molecule has 0 spiro atoms. The third-order valence-electron chi connectivity index (χ3n) is 10.4. The summed E-state index contributed by atoms with van der Waals surface area (Å²) in [5.41, 5.74) is 0.527.